The van der Waals surface area contributed by atoms with Crippen LogP contribution in [-0.4, -0.2) is 39.9 Å². The first-order valence-corrected chi connectivity index (χ1v) is 7.63. The van der Waals surface area contributed by atoms with Crippen molar-refractivity contribution in [3.8, 4) is 0 Å². The predicted molar refractivity (Wildman–Crippen MR) is 80.5 cm³/mol. The van der Waals surface area contributed by atoms with Crippen molar-refractivity contribution < 1.29 is 9.59 Å². The molecule has 2 amide bonds. The van der Waals surface area contributed by atoms with E-state index in [1.807, 2.05) is 16.8 Å². The summed E-state index contributed by atoms with van der Waals surface area (Å²) in [5.74, 6) is -0.200. The van der Waals surface area contributed by atoms with Crippen LogP contribution < -0.4 is 5.32 Å². The molecule has 1 aromatic rings. The Balaban J connectivity index is 2.33. The summed E-state index contributed by atoms with van der Waals surface area (Å²) < 4.78 is 2.82. The molecule has 20 heavy (non-hydrogen) atoms. The number of carbonyl (C=O) groups excluding carboxylic acids is 2. The topological polar surface area (TPSA) is 54.3 Å². The van der Waals surface area contributed by atoms with Gasteiger partial charge < -0.3 is 14.8 Å². The zero-order valence-corrected chi connectivity index (χ0v) is 13.7. The van der Waals surface area contributed by atoms with Gasteiger partial charge in [-0.1, -0.05) is 6.92 Å². The lowest BCUT2D eigenvalue weighted by Gasteiger charge is -2.41. The Labute approximate surface area is 127 Å². The van der Waals surface area contributed by atoms with Crippen LogP contribution in [0.2, 0.25) is 0 Å². The van der Waals surface area contributed by atoms with Crippen molar-refractivity contribution in [3.05, 3.63) is 22.4 Å². The number of hydrogen-bond donors (Lipinski definition) is 1. The van der Waals surface area contributed by atoms with Gasteiger partial charge >= 0.3 is 0 Å². The van der Waals surface area contributed by atoms with E-state index in [1.54, 1.807) is 18.7 Å². The zero-order valence-electron chi connectivity index (χ0n) is 12.1. The summed E-state index contributed by atoms with van der Waals surface area (Å²) in [4.78, 5) is 26.4. The van der Waals surface area contributed by atoms with E-state index >= 15 is 0 Å². The summed E-state index contributed by atoms with van der Waals surface area (Å²) in [5.41, 5.74) is -0.190. The maximum absolute atomic E-state index is 12.8. The molecular weight excluding hydrogens is 322 g/mol. The van der Waals surface area contributed by atoms with Gasteiger partial charge in [0.05, 0.1) is 0 Å². The highest BCUT2D eigenvalue weighted by atomic mass is 79.9. The monoisotopic (exact) mass is 341 g/mol. The van der Waals surface area contributed by atoms with Crippen LogP contribution >= 0.6 is 15.9 Å². The number of hydrogen-bond acceptors (Lipinski definition) is 2. The first-order valence-electron chi connectivity index (χ1n) is 6.84. The average molecular weight is 342 g/mol. The van der Waals surface area contributed by atoms with Crippen LogP contribution in [0.5, 0.6) is 0 Å². The average Bonchev–Trinajstić information content (AvgIpc) is 2.73. The van der Waals surface area contributed by atoms with E-state index in [9.17, 15) is 9.59 Å². The predicted octanol–water partition coefficient (Wildman–Crippen LogP) is 2.01. The van der Waals surface area contributed by atoms with Crippen LogP contribution in [-0.2, 0) is 11.3 Å². The van der Waals surface area contributed by atoms with Crippen molar-refractivity contribution in [2.75, 3.05) is 13.1 Å². The number of aromatic nitrogens is 1. The molecule has 1 aromatic heterocycles. The third kappa shape index (κ3) is 2.61. The van der Waals surface area contributed by atoms with Gasteiger partial charge in [-0.15, -0.1) is 0 Å². The molecule has 0 unspecified atom stereocenters. The largest absolute Gasteiger partial charge is 0.352 e. The zero-order chi connectivity index (χ0) is 14.9. The quantitative estimate of drug-likeness (QED) is 0.914. The molecule has 5 nitrogen and oxygen atoms in total. The van der Waals surface area contributed by atoms with Crippen LogP contribution in [0.25, 0.3) is 0 Å². The lowest BCUT2D eigenvalue weighted by Crippen LogP contribution is -2.63. The van der Waals surface area contributed by atoms with Gasteiger partial charge in [-0.05, 0) is 42.3 Å². The summed E-state index contributed by atoms with van der Waals surface area (Å²) in [7, 11) is 0. The minimum Gasteiger partial charge on any atom is -0.352 e. The fraction of sp³-hybridized carbons (Fsp3) is 0.571. The first-order chi connectivity index (χ1) is 9.37. The number of piperazine rings is 1. The Morgan fingerprint density at radius 3 is 2.85 bits per heavy atom. The smallest absolute Gasteiger partial charge is 0.271 e. The van der Waals surface area contributed by atoms with Crippen molar-refractivity contribution in [2.24, 2.45) is 0 Å². The second kappa shape index (κ2) is 5.60. The first kappa shape index (κ1) is 15.1. The molecule has 0 aliphatic carbocycles. The van der Waals surface area contributed by atoms with E-state index in [0.717, 1.165) is 17.4 Å². The SMILES string of the molecule is CCCn1cc(Br)cc1C(=O)N1CCNC(=O)C1(C)C. The highest BCUT2D eigenvalue weighted by molar-refractivity contribution is 9.10. The van der Waals surface area contributed by atoms with E-state index in [0.29, 0.717) is 18.8 Å². The molecule has 1 N–H and O–H groups in total. The van der Waals surface area contributed by atoms with Crippen molar-refractivity contribution in [1.82, 2.24) is 14.8 Å². The maximum atomic E-state index is 12.8. The molecule has 110 valence electrons. The van der Waals surface area contributed by atoms with Gasteiger partial charge in [-0.2, -0.15) is 0 Å². The van der Waals surface area contributed by atoms with Gasteiger partial charge in [0.25, 0.3) is 5.91 Å². The molecule has 0 radical (unpaired) electrons. The second-order valence-electron chi connectivity index (χ2n) is 5.51. The number of carbonyl (C=O) groups is 2. The third-order valence-corrected chi connectivity index (χ3v) is 4.08. The van der Waals surface area contributed by atoms with Crippen LogP contribution in [0.1, 0.15) is 37.7 Å². The summed E-state index contributed by atoms with van der Waals surface area (Å²) in [6, 6.07) is 1.82. The van der Waals surface area contributed by atoms with Crippen LogP contribution in [0.3, 0.4) is 0 Å². The maximum Gasteiger partial charge on any atom is 0.271 e. The summed E-state index contributed by atoms with van der Waals surface area (Å²) in [5, 5.41) is 2.80. The van der Waals surface area contributed by atoms with Crippen molar-refractivity contribution in [3.63, 3.8) is 0 Å². The van der Waals surface area contributed by atoms with Gasteiger partial charge in [-0.25, -0.2) is 0 Å². The summed E-state index contributed by atoms with van der Waals surface area (Å²) in [6.45, 7) is 7.45. The van der Waals surface area contributed by atoms with Gasteiger partial charge in [0.1, 0.15) is 11.2 Å². The second-order valence-corrected chi connectivity index (χ2v) is 6.42. The molecule has 1 aliphatic rings. The van der Waals surface area contributed by atoms with Crippen LogP contribution in [0, 0.1) is 0 Å². The molecule has 0 spiro atoms. The van der Waals surface area contributed by atoms with E-state index in [1.165, 1.54) is 0 Å². The number of halogens is 1. The molecule has 0 atom stereocenters. The Morgan fingerprint density at radius 2 is 2.20 bits per heavy atom. The number of rotatable bonds is 3. The van der Waals surface area contributed by atoms with E-state index in [-0.39, 0.29) is 11.8 Å². The van der Waals surface area contributed by atoms with Gasteiger partial charge in [0.15, 0.2) is 0 Å². The number of nitrogens with zero attached hydrogens (tertiary/aromatic N) is 2. The number of aryl methyl sites for hydroxylation is 1. The lowest BCUT2D eigenvalue weighted by atomic mass is 9.98. The minimum atomic E-state index is -0.816. The van der Waals surface area contributed by atoms with Gasteiger partial charge in [0.2, 0.25) is 5.91 Å². The molecule has 1 saturated heterocycles. The van der Waals surface area contributed by atoms with Crippen LogP contribution in [0.4, 0.5) is 0 Å². The fourth-order valence-electron chi connectivity index (χ4n) is 2.47. The van der Waals surface area contributed by atoms with Crippen molar-refractivity contribution >= 4 is 27.7 Å². The highest BCUT2D eigenvalue weighted by Crippen LogP contribution is 2.23. The van der Waals surface area contributed by atoms with E-state index in [4.69, 9.17) is 0 Å². The van der Waals surface area contributed by atoms with Crippen LogP contribution in [0.15, 0.2) is 16.7 Å². The molecule has 2 heterocycles. The summed E-state index contributed by atoms with van der Waals surface area (Å²) in [6.07, 6.45) is 2.86. The van der Waals surface area contributed by atoms with E-state index < -0.39 is 5.54 Å². The normalized spacial score (nSPS) is 18.0. The Hall–Kier alpha value is -1.30. The minimum absolute atomic E-state index is 0.0935. The Bertz CT molecular complexity index is 537. The van der Waals surface area contributed by atoms with Crippen molar-refractivity contribution in [1.29, 1.82) is 0 Å². The van der Waals surface area contributed by atoms with E-state index in [2.05, 4.69) is 28.2 Å². The van der Waals surface area contributed by atoms with Crippen molar-refractivity contribution in [2.45, 2.75) is 39.3 Å². The molecule has 2 rings (SSSR count). The fourth-order valence-corrected chi connectivity index (χ4v) is 2.94. The number of nitrogens with one attached hydrogen (secondary N) is 1. The molecule has 0 saturated carbocycles. The molecule has 0 bridgehead atoms. The third-order valence-electron chi connectivity index (χ3n) is 3.64. The van der Waals surface area contributed by atoms with Gasteiger partial charge in [0, 0.05) is 30.3 Å². The highest BCUT2D eigenvalue weighted by Gasteiger charge is 2.41. The lowest BCUT2D eigenvalue weighted by molar-refractivity contribution is -0.133. The molecule has 0 aromatic carbocycles. The van der Waals surface area contributed by atoms with Gasteiger partial charge in [-0.3, -0.25) is 9.59 Å². The Morgan fingerprint density at radius 1 is 1.50 bits per heavy atom. The molecule has 1 fully saturated rings. The Kier molecular flexibility index (Phi) is 4.22. The molecule has 1 aliphatic heterocycles. The molecular formula is C14H20BrN3O2. The molecule has 6 heteroatoms. The number of amides is 2. The standard InChI is InChI=1S/C14H20BrN3O2/c1-4-6-17-9-10(15)8-11(17)12(19)18-7-5-16-13(20)14(18,2)3/h8-9H,4-7H2,1-3H3,(H,16,20). The summed E-state index contributed by atoms with van der Waals surface area (Å²) >= 11 is 3.41.